The molecule has 2 aromatic carbocycles. The van der Waals surface area contributed by atoms with E-state index in [1.807, 2.05) is 32.9 Å². The van der Waals surface area contributed by atoms with E-state index in [1.54, 1.807) is 6.07 Å². The lowest BCUT2D eigenvalue weighted by Crippen LogP contribution is -2.12. The number of benzene rings is 2. The van der Waals surface area contributed by atoms with Crippen molar-refractivity contribution in [2.75, 3.05) is 5.32 Å². The highest BCUT2D eigenvalue weighted by atomic mass is 16.6. The molecule has 0 aliphatic rings. The van der Waals surface area contributed by atoms with E-state index in [4.69, 9.17) is 4.42 Å². The molecule has 1 aromatic heterocycles. The molecule has 6 heteroatoms. The zero-order chi connectivity index (χ0) is 17.4. The number of amides is 1. The molecule has 0 aliphatic heterocycles. The number of carbonyl (C=O) groups excluding carboxylic acids is 1. The Bertz CT molecular complexity index is 973. The van der Waals surface area contributed by atoms with Crippen molar-refractivity contribution in [3.8, 4) is 0 Å². The van der Waals surface area contributed by atoms with Crippen molar-refractivity contribution < 1.29 is 14.1 Å². The summed E-state index contributed by atoms with van der Waals surface area (Å²) in [6, 6.07) is 9.69. The first-order valence-electron chi connectivity index (χ1n) is 7.43. The SMILES string of the molecule is Cc1cc2oc(C(=O)Nc3cccc([N+](=O)[O-])c3)c(C)c2cc1C. The third kappa shape index (κ3) is 2.74. The van der Waals surface area contributed by atoms with Gasteiger partial charge in [0.15, 0.2) is 5.76 Å². The number of non-ortho nitro benzene ring substituents is 1. The average molecular weight is 324 g/mol. The summed E-state index contributed by atoms with van der Waals surface area (Å²) in [5, 5.41) is 14.4. The van der Waals surface area contributed by atoms with Crippen LogP contribution in [-0.4, -0.2) is 10.8 Å². The Morgan fingerprint density at radius 3 is 2.54 bits per heavy atom. The molecular formula is C18H16N2O4. The highest BCUT2D eigenvalue weighted by Crippen LogP contribution is 2.28. The molecular weight excluding hydrogens is 308 g/mol. The van der Waals surface area contributed by atoms with Gasteiger partial charge >= 0.3 is 0 Å². The van der Waals surface area contributed by atoms with Gasteiger partial charge in [-0.3, -0.25) is 14.9 Å². The Hall–Kier alpha value is -3.15. The van der Waals surface area contributed by atoms with Crippen LogP contribution in [0, 0.1) is 30.9 Å². The molecule has 0 saturated carbocycles. The first kappa shape index (κ1) is 15.7. The molecule has 1 amide bonds. The lowest BCUT2D eigenvalue weighted by molar-refractivity contribution is -0.384. The third-order valence-corrected chi connectivity index (χ3v) is 4.07. The van der Waals surface area contributed by atoms with E-state index in [2.05, 4.69) is 5.32 Å². The maximum Gasteiger partial charge on any atom is 0.291 e. The summed E-state index contributed by atoms with van der Waals surface area (Å²) >= 11 is 0. The Kier molecular flexibility index (Phi) is 3.81. The van der Waals surface area contributed by atoms with Crippen molar-refractivity contribution in [3.63, 3.8) is 0 Å². The fourth-order valence-electron chi connectivity index (χ4n) is 2.58. The molecule has 0 spiro atoms. The summed E-state index contributed by atoms with van der Waals surface area (Å²) in [6.45, 7) is 5.81. The van der Waals surface area contributed by atoms with Gasteiger partial charge in [-0.25, -0.2) is 0 Å². The normalized spacial score (nSPS) is 10.8. The van der Waals surface area contributed by atoms with Gasteiger partial charge in [0, 0.05) is 28.8 Å². The van der Waals surface area contributed by atoms with Gasteiger partial charge in [0.05, 0.1) is 4.92 Å². The van der Waals surface area contributed by atoms with Crippen molar-refractivity contribution in [1.82, 2.24) is 0 Å². The summed E-state index contributed by atoms with van der Waals surface area (Å²) in [5.41, 5.74) is 3.87. The number of rotatable bonds is 3. The maximum atomic E-state index is 12.5. The van der Waals surface area contributed by atoms with E-state index in [0.29, 0.717) is 11.3 Å². The van der Waals surface area contributed by atoms with Crippen LogP contribution in [-0.2, 0) is 0 Å². The van der Waals surface area contributed by atoms with E-state index < -0.39 is 10.8 Å². The Morgan fingerprint density at radius 2 is 1.83 bits per heavy atom. The molecule has 1 heterocycles. The number of nitro groups is 1. The lowest BCUT2D eigenvalue weighted by atomic mass is 10.0. The first-order chi connectivity index (χ1) is 11.4. The number of nitrogens with zero attached hydrogens (tertiary/aromatic N) is 1. The number of carbonyl (C=O) groups is 1. The second-order valence-electron chi connectivity index (χ2n) is 5.75. The smallest absolute Gasteiger partial charge is 0.291 e. The standard InChI is InChI=1S/C18H16N2O4/c1-10-7-15-12(3)17(24-16(15)8-11(10)2)18(21)19-13-5-4-6-14(9-13)20(22)23/h4-9H,1-3H3,(H,19,21). The molecule has 0 saturated heterocycles. The van der Waals surface area contributed by atoms with Crippen molar-refractivity contribution >= 4 is 28.3 Å². The summed E-state index contributed by atoms with van der Waals surface area (Å²) in [6.07, 6.45) is 0. The molecule has 0 fully saturated rings. The highest BCUT2D eigenvalue weighted by Gasteiger charge is 2.19. The van der Waals surface area contributed by atoms with Crippen molar-refractivity contribution in [2.24, 2.45) is 0 Å². The summed E-state index contributed by atoms with van der Waals surface area (Å²) < 4.78 is 5.70. The fraction of sp³-hybridized carbons (Fsp3) is 0.167. The molecule has 0 bridgehead atoms. The van der Waals surface area contributed by atoms with Crippen LogP contribution < -0.4 is 5.32 Å². The molecule has 0 atom stereocenters. The molecule has 0 unspecified atom stereocenters. The summed E-state index contributed by atoms with van der Waals surface area (Å²) in [4.78, 5) is 22.8. The minimum Gasteiger partial charge on any atom is -0.451 e. The Labute approximate surface area is 138 Å². The van der Waals surface area contributed by atoms with Gasteiger partial charge in [0.2, 0.25) is 0 Å². The summed E-state index contributed by atoms with van der Waals surface area (Å²) in [5.74, 6) is -0.221. The highest BCUT2D eigenvalue weighted by molar-refractivity contribution is 6.06. The number of anilines is 1. The zero-order valence-electron chi connectivity index (χ0n) is 13.5. The lowest BCUT2D eigenvalue weighted by Gasteiger charge is -2.03. The van der Waals surface area contributed by atoms with Crippen LogP contribution in [0.2, 0.25) is 0 Å². The van der Waals surface area contributed by atoms with Crippen molar-refractivity contribution in [1.29, 1.82) is 0 Å². The third-order valence-electron chi connectivity index (χ3n) is 4.07. The van der Waals surface area contributed by atoms with Crippen LogP contribution in [0.4, 0.5) is 11.4 Å². The number of furan rings is 1. The van der Waals surface area contributed by atoms with Crippen molar-refractivity contribution in [2.45, 2.75) is 20.8 Å². The minimum absolute atomic E-state index is 0.0830. The zero-order valence-corrected chi connectivity index (χ0v) is 13.5. The number of aryl methyl sites for hydroxylation is 3. The van der Waals surface area contributed by atoms with Gasteiger partial charge in [-0.05, 0) is 50.1 Å². The molecule has 6 nitrogen and oxygen atoms in total. The van der Waals surface area contributed by atoms with Crippen LogP contribution in [0.1, 0.15) is 27.2 Å². The van der Waals surface area contributed by atoms with Crippen LogP contribution in [0.5, 0.6) is 0 Å². The number of nitrogens with one attached hydrogen (secondary N) is 1. The Balaban J connectivity index is 1.96. The predicted molar refractivity (Wildman–Crippen MR) is 91.5 cm³/mol. The topological polar surface area (TPSA) is 85.4 Å². The van der Waals surface area contributed by atoms with Gasteiger partial charge in [0.1, 0.15) is 5.58 Å². The first-order valence-corrected chi connectivity index (χ1v) is 7.43. The quantitative estimate of drug-likeness (QED) is 0.567. The van der Waals surface area contributed by atoms with E-state index in [-0.39, 0.29) is 11.4 Å². The number of hydrogen-bond donors (Lipinski definition) is 1. The van der Waals surface area contributed by atoms with Crippen LogP contribution in [0.3, 0.4) is 0 Å². The number of hydrogen-bond acceptors (Lipinski definition) is 4. The van der Waals surface area contributed by atoms with Gasteiger partial charge in [-0.2, -0.15) is 0 Å². The molecule has 0 aliphatic carbocycles. The number of fused-ring (bicyclic) bond motifs is 1. The predicted octanol–water partition coefficient (Wildman–Crippen LogP) is 4.52. The van der Waals surface area contributed by atoms with Gasteiger partial charge in [-0.15, -0.1) is 0 Å². The second-order valence-corrected chi connectivity index (χ2v) is 5.75. The van der Waals surface area contributed by atoms with Crippen LogP contribution >= 0.6 is 0 Å². The molecule has 3 rings (SSSR count). The van der Waals surface area contributed by atoms with Crippen LogP contribution in [0.25, 0.3) is 11.0 Å². The molecule has 0 radical (unpaired) electrons. The van der Waals surface area contributed by atoms with Crippen LogP contribution in [0.15, 0.2) is 40.8 Å². The monoisotopic (exact) mass is 324 g/mol. The summed E-state index contributed by atoms with van der Waals surface area (Å²) in [7, 11) is 0. The van der Waals surface area contributed by atoms with Crippen molar-refractivity contribution in [3.05, 3.63) is 69.0 Å². The van der Waals surface area contributed by atoms with E-state index in [1.165, 1.54) is 18.2 Å². The molecule has 1 N–H and O–H groups in total. The average Bonchev–Trinajstić information content (AvgIpc) is 2.85. The molecule has 122 valence electrons. The fourth-order valence-corrected chi connectivity index (χ4v) is 2.58. The molecule has 3 aromatic rings. The number of nitro benzene ring substituents is 1. The molecule has 24 heavy (non-hydrogen) atoms. The van der Waals surface area contributed by atoms with E-state index in [9.17, 15) is 14.9 Å². The largest absolute Gasteiger partial charge is 0.451 e. The van der Waals surface area contributed by atoms with Gasteiger partial charge < -0.3 is 9.73 Å². The maximum absolute atomic E-state index is 12.5. The van der Waals surface area contributed by atoms with Gasteiger partial charge in [0.25, 0.3) is 11.6 Å². The van der Waals surface area contributed by atoms with E-state index in [0.717, 1.165) is 22.1 Å². The Morgan fingerprint density at radius 1 is 1.12 bits per heavy atom. The minimum atomic E-state index is -0.506. The van der Waals surface area contributed by atoms with Gasteiger partial charge in [-0.1, -0.05) is 6.07 Å². The van der Waals surface area contributed by atoms with E-state index >= 15 is 0 Å². The second kappa shape index (κ2) is 5.81.